The summed E-state index contributed by atoms with van der Waals surface area (Å²) in [6, 6.07) is 22.3. The Morgan fingerprint density at radius 1 is 1.13 bits per heavy atom. The molecule has 1 heterocycles. The summed E-state index contributed by atoms with van der Waals surface area (Å²) in [7, 11) is 0. The zero-order chi connectivity index (χ0) is 20.6. The smallest absolute Gasteiger partial charge is 0.122 e. The van der Waals surface area contributed by atoms with Crippen molar-refractivity contribution in [2.75, 3.05) is 25.1 Å². The lowest BCUT2D eigenvalue weighted by molar-refractivity contribution is 0.196. The third kappa shape index (κ3) is 3.66. The van der Waals surface area contributed by atoms with Crippen molar-refractivity contribution in [1.29, 1.82) is 0 Å². The predicted molar refractivity (Wildman–Crippen MR) is 122 cm³/mol. The molecule has 2 N–H and O–H groups in total. The molecular weight excluding hydrogens is 372 g/mol. The van der Waals surface area contributed by atoms with Gasteiger partial charge in [0.2, 0.25) is 0 Å². The Morgan fingerprint density at radius 2 is 2.00 bits per heavy atom. The van der Waals surface area contributed by atoms with Crippen LogP contribution in [0.25, 0.3) is 10.8 Å². The summed E-state index contributed by atoms with van der Waals surface area (Å²) in [6.45, 7) is 4.45. The van der Waals surface area contributed by atoms with Gasteiger partial charge in [0, 0.05) is 30.2 Å². The van der Waals surface area contributed by atoms with E-state index in [2.05, 4.69) is 77.8 Å². The van der Waals surface area contributed by atoms with Crippen LogP contribution in [0.4, 0.5) is 5.69 Å². The molecule has 0 spiro atoms. The number of aliphatic hydroxyl groups excluding tert-OH is 1. The first-order valence-corrected chi connectivity index (χ1v) is 11.0. The summed E-state index contributed by atoms with van der Waals surface area (Å²) in [5.74, 6) is 0.884. The zero-order valence-electron chi connectivity index (χ0n) is 17.6. The van der Waals surface area contributed by atoms with Crippen LogP contribution in [0, 0.1) is 6.92 Å². The number of hydrogen-bond acceptors (Lipinski definition) is 4. The van der Waals surface area contributed by atoms with E-state index >= 15 is 0 Å². The summed E-state index contributed by atoms with van der Waals surface area (Å²) in [5, 5.41) is 15.6. The normalized spacial score (nSPS) is 23.2. The quantitative estimate of drug-likeness (QED) is 0.599. The van der Waals surface area contributed by atoms with Crippen LogP contribution in [0.5, 0.6) is 5.75 Å². The number of piperidine rings is 1. The van der Waals surface area contributed by atoms with Crippen molar-refractivity contribution in [3.8, 4) is 5.75 Å². The highest BCUT2D eigenvalue weighted by Gasteiger charge is 2.49. The lowest BCUT2D eigenvalue weighted by atomic mass is 9.97. The van der Waals surface area contributed by atoms with Gasteiger partial charge in [-0.05, 0) is 54.8 Å². The number of hydrogen-bond donors (Lipinski definition) is 2. The van der Waals surface area contributed by atoms with Crippen molar-refractivity contribution in [2.24, 2.45) is 0 Å². The first-order chi connectivity index (χ1) is 14.7. The predicted octanol–water partition coefficient (Wildman–Crippen LogP) is 4.74. The summed E-state index contributed by atoms with van der Waals surface area (Å²) < 4.78 is 5.71. The van der Waals surface area contributed by atoms with Gasteiger partial charge in [0.05, 0.1) is 12.1 Å². The number of anilines is 1. The molecular formula is C26H30N2O2. The number of rotatable bonds is 7. The number of likely N-dealkylation sites (tertiary alicyclic amines) is 1. The Hall–Kier alpha value is -2.56. The maximum Gasteiger partial charge on any atom is 0.122 e. The third-order valence-electron chi connectivity index (χ3n) is 6.78. The number of nitrogens with zero attached hydrogens (tertiary/aromatic N) is 1. The third-order valence-corrected chi connectivity index (χ3v) is 6.78. The van der Waals surface area contributed by atoms with Gasteiger partial charge in [0.1, 0.15) is 12.4 Å². The molecule has 3 aromatic carbocycles. The summed E-state index contributed by atoms with van der Waals surface area (Å²) >= 11 is 0. The Balaban J connectivity index is 1.32. The van der Waals surface area contributed by atoms with E-state index in [0.717, 1.165) is 24.4 Å². The fourth-order valence-corrected chi connectivity index (χ4v) is 5.32. The number of benzene rings is 3. The Labute approximate surface area is 178 Å². The summed E-state index contributed by atoms with van der Waals surface area (Å²) in [4.78, 5) is 2.63. The minimum Gasteiger partial charge on any atom is -0.491 e. The fourth-order valence-electron chi connectivity index (χ4n) is 5.32. The average molecular weight is 403 g/mol. The van der Waals surface area contributed by atoms with Gasteiger partial charge >= 0.3 is 0 Å². The first-order valence-electron chi connectivity index (χ1n) is 11.0. The second-order valence-electron chi connectivity index (χ2n) is 8.91. The SMILES string of the molecule is Cc1ccc(CN2CC3(Nc4cccc5ccccc45)CCC2C3)cc1OCCO. The molecule has 0 aromatic heterocycles. The average Bonchev–Trinajstić information content (AvgIpc) is 3.32. The van der Waals surface area contributed by atoms with E-state index in [1.165, 1.54) is 41.3 Å². The zero-order valence-corrected chi connectivity index (χ0v) is 17.6. The maximum absolute atomic E-state index is 9.06. The lowest BCUT2D eigenvalue weighted by Gasteiger charge is -2.34. The molecule has 3 aromatic rings. The van der Waals surface area contributed by atoms with Crippen LogP contribution in [0.2, 0.25) is 0 Å². The Morgan fingerprint density at radius 3 is 2.90 bits per heavy atom. The van der Waals surface area contributed by atoms with Crippen molar-refractivity contribution in [3.05, 3.63) is 71.8 Å². The van der Waals surface area contributed by atoms with E-state index in [4.69, 9.17) is 9.84 Å². The monoisotopic (exact) mass is 402 g/mol. The van der Waals surface area contributed by atoms with Crippen LogP contribution >= 0.6 is 0 Å². The molecule has 0 amide bonds. The summed E-state index contributed by atoms with van der Waals surface area (Å²) in [5.41, 5.74) is 3.81. The van der Waals surface area contributed by atoms with Gasteiger partial charge in [-0.15, -0.1) is 0 Å². The van der Waals surface area contributed by atoms with Crippen molar-refractivity contribution < 1.29 is 9.84 Å². The Bertz CT molecular complexity index is 1040. The number of aryl methyl sites for hydroxylation is 1. The van der Waals surface area contributed by atoms with Crippen LogP contribution in [0.3, 0.4) is 0 Å². The van der Waals surface area contributed by atoms with Gasteiger partial charge < -0.3 is 15.2 Å². The first kappa shape index (κ1) is 19.4. The molecule has 2 unspecified atom stereocenters. The van der Waals surface area contributed by atoms with Crippen LogP contribution < -0.4 is 10.1 Å². The number of fused-ring (bicyclic) bond motifs is 3. The summed E-state index contributed by atoms with van der Waals surface area (Å²) in [6.07, 6.45) is 3.68. The molecule has 5 rings (SSSR count). The van der Waals surface area contributed by atoms with Crippen LogP contribution in [-0.4, -0.2) is 41.3 Å². The minimum absolute atomic E-state index is 0.0419. The van der Waals surface area contributed by atoms with Crippen molar-refractivity contribution in [2.45, 2.75) is 44.3 Å². The molecule has 2 fully saturated rings. The largest absolute Gasteiger partial charge is 0.491 e. The molecule has 1 aliphatic heterocycles. The topological polar surface area (TPSA) is 44.7 Å². The van der Waals surface area contributed by atoms with Gasteiger partial charge in [-0.2, -0.15) is 0 Å². The molecule has 0 radical (unpaired) electrons. The van der Waals surface area contributed by atoms with Gasteiger partial charge in [0.25, 0.3) is 0 Å². The molecule has 4 heteroatoms. The van der Waals surface area contributed by atoms with Crippen LogP contribution in [-0.2, 0) is 6.54 Å². The van der Waals surface area contributed by atoms with E-state index in [-0.39, 0.29) is 12.1 Å². The molecule has 4 nitrogen and oxygen atoms in total. The van der Waals surface area contributed by atoms with E-state index in [1.54, 1.807) is 0 Å². The van der Waals surface area contributed by atoms with Gasteiger partial charge in [-0.3, -0.25) is 4.90 Å². The molecule has 1 saturated carbocycles. The molecule has 1 aliphatic carbocycles. The Kier molecular flexibility index (Phi) is 5.13. The maximum atomic E-state index is 9.06. The van der Waals surface area contributed by atoms with Crippen LogP contribution in [0.1, 0.15) is 30.4 Å². The van der Waals surface area contributed by atoms with E-state index < -0.39 is 0 Å². The van der Waals surface area contributed by atoms with Gasteiger partial charge in [-0.1, -0.05) is 48.5 Å². The highest BCUT2D eigenvalue weighted by Crippen LogP contribution is 2.44. The molecule has 2 aliphatic rings. The molecule has 2 atom stereocenters. The van der Waals surface area contributed by atoms with Crippen molar-refractivity contribution in [1.82, 2.24) is 4.90 Å². The fraction of sp³-hybridized carbons (Fsp3) is 0.385. The second kappa shape index (κ2) is 7.93. The molecule has 30 heavy (non-hydrogen) atoms. The number of ether oxygens (including phenoxy) is 1. The molecule has 1 saturated heterocycles. The second-order valence-corrected chi connectivity index (χ2v) is 8.91. The van der Waals surface area contributed by atoms with E-state index in [1.807, 2.05) is 0 Å². The van der Waals surface area contributed by atoms with E-state index in [9.17, 15) is 0 Å². The van der Waals surface area contributed by atoms with Gasteiger partial charge in [-0.25, -0.2) is 0 Å². The number of aliphatic hydroxyl groups is 1. The van der Waals surface area contributed by atoms with Crippen LogP contribution in [0.15, 0.2) is 60.7 Å². The molecule has 2 bridgehead atoms. The highest BCUT2D eigenvalue weighted by molar-refractivity contribution is 5.94. The minimum atomic E-state index is 0.0419. The number of nitrogens with one attached hydrogen (secondary N) is 1. The standard InChI is InChI=1S/C26H30N2O2/c1-19-9-10-20(15-25(19)30-14-13-29)17-28-18-26(12-11-22(28)16-26)27-24-8-4-6-21-5-2-3-7-23(21)24/h2-10,15,22,27,29H,11-14,16-18H2,1H3. The highest BCUT2D eigenvalue weighted by atomic mass is 16.5. The van der Waals surface area contributed by atoms with Crippen molar-refractivity contribution in [3.63, 3.8) is 0 Å². The van der Waals surface area contributed by atoms with Crippen molar-refractivity contribution >= 4 is 16.5 Å². The lowest BCUT2D eigenvalue weighted by Crippen LogP contribution is -2.43. The van der Waals surface area contributed by atoms with Gasteiger partial charge in [0.15, 0.2) is 0 Å². The molecule has 156 valence electrons. The van der Waals surface area contributed by atoms with E-state index in [0.29, 0.717) is 12.6 Å².